The summed E-state index contributed by atoms with van der Waals surface area (Å²) in [6.07, 6.45) is 4.53. The maximum absolute atomic E-state index is 2.35. The van der Waals surface area contributed by atoms with Crippen LogP contribution in [-0.2, 0) is 0 Å². The summed E-state index contributed by atoms with van der Waals surface area (Å²) in [7, 11) is 1.29. The molecule has 1 aliphatic rings. The van der Waals surface area contributed by atoms with Crippen molar-refractivity contribution in [1.82, 2.24) is 0 Å². The average molecular weight is 102 g/mol. The van der Waals surface area contributed by atoms with Gasteiger partial charge in [-0.05, 0) is 24.7 Å². The summed E-state index contributed by atoms with van der Waals surface area (Å²) in [6, 6.07) is 0. The lowest BCUT2D eigenvalue weighted by atomic mass is 10.2. The summed E-state index contributed by atoms with van der Waals surface area (Å²) < 4.78 is 0. The van der Waals surface area contributed by atoms with E-state index in [1.54, 1.807) is 0 Å². The predicted octanol–water partition coefficient (Wildman–Crippen LogP) is 1.70. The van der Waals surface area contributed by atoms with Crippen LogP contribution in [0.3, 0.4) is 0 Å². The van der Waals surface area contributed by atoms with E-state index in [1.807, 2.05) is 0 Å². The normalized spacial score (nSPS) is 38.5. The van der Waals surface area contributed by atoms with Gasteiger partial charge in [-0.3, -0.25) is 0 Å². The molecule has 1 fully saturated rings. The van der Waals surface area contributed by atoms with Gasteiger partial charge in [-0.1, -0.05) is 6.92 Å². The molecule has 2 unspecified atom stereocenters. The fourth-order valence-corrected chi connectivity index (χ4v) is 2.40. The first-order valence-electron chi connectivity index (χ1n) is 2.60. The van der Waals surface area contributed by atoms with Crippen LogP contribution in [-0.4, -0.2) is 12.3 Å². The van der Waals surface area contributed by atoms with Gasteiger partial charge in [0.25, 0.3) is 0 Å². The molecule has 2 atom stereocenters. The Bertz CT molecular complexity index is 37.2. The van der Waals surface area contributed by atoms with E-state index in [2.05, 4.69) is 6.92 Å². The van der Waals surface area contributed by atoms with Crippen molar-refractivity contribution in [1.29, 1.82) is 0 Å². The molecule has 6 heavy (non-hydrogen) atoms. The van der Waals surface area contributed by atoms with Crippen molar-refractivity contribution >= 4 is 8.58 Å². The van der Waals surface area contributed by atoms with Crippen molar-refractivity contribution in [3.63, 3.8) is 0 Å². The molecule has 1 heterocycles. The molecule has 0 aromatic rings. The molecular weight excluding hydrogens is 91.0 g/mol. The number of hydrogen-bond acceptors (Lipinski definition) is 0. The lowest BCUT2D eigenvalue weighted by Gasteiger charge is -1.90. The van der Waals surface area contributed by atoms with Crippen LogP contribution in [0.25, 0.3) is 0 Å². The Hall–Kier alpha value is 0.430. The quantitative estimate of drug-likeness (QED) is 0.408. The SMILES string of the molecule is CC1CCPC1. The molecule has 1 heteroatoms. The third kappa shape index (κ3) is 0.944. The van der Waals surface area contributed by atoms with Gasteiger partial charge in [0.15, 0.2) is 0 Å². The van der Waals surface area contributed by atoms with Crippen LogP contribution >= 0.6 is 8.58 Å². The maximum atomic E-state index is 2.35. The summed E-state index contributed by atoms with van der Waals surface area (Å²) in [5.74, 6) is 1.06. The Morgan fingerprint density at radius 3 is 2.67 bits per heavy atom. The van der Waals surface area contributed by atoms with Crippen molar-refractivity contribution in [2.24, 2.45) is 5.92 Å². The third-order valence-electron chi connectivity index (χ3n) is 1.31. The van der Waals surface area contributed by atoms with Gasteiger partial charge in [-0.2, -0.15) is 0 Å². The van der Waals surface area contributed by atoms with E-state index in [4.69, 9.17) is 0 Å². The van der Waals surface area contributed by atoms with Gasteiger partial charge in [-0.15, -0.1) is 8.58 Å². The van der Waals surface area contributed by atoms with Crippen LogP contribution < -0.4 is 0 Å². The van der Waals surface area contributed by atoms with Gasteiger partial charge in [0.1, 0.15) is 0 Å². The van der Waals surface area contributed by atoms with Crippen LogP contribution in [0.15, 0.2) is 0 Å². The molecule has 0 saturated carbocycles. The lowest BCUT2D eigenvalue weighted by molar-refractivity contribution is 0.669. The molecule has 0 spiro atoms. The van der Waals surface area contributed by atoms with Crippen LogP contribution in [0.2, 0.25) is 0 Å². The number of hydrogen-bond donors (Lipinski definition) is 0. The minimum atomic E-state index is 1.06. The van der Waals surface area contributed by atoms with Gasteiger partial charge in [0, 0.05) is 0 Å². The second-order valence-electron chi connectivity index (χ2n) is 2.10. The van der Waals surface area contributed by atoms with E-state index in [0.29, 0.717) is 0 Å². The molecule has 0 aliphatic carbocycles. The summed E-state index contributed by atoms with van der Waals surface area (Å²) in [5.41, 5.74) is 0. The summed E-state index contributed by atoms with van der Waals surface area (Å²) in [6.45, 7) is 2.35. The zero-order valence-corrected chi connectivity index (χ0v) is 5.20. The van der Waals surface area contributed by atoms with Gasteiger partial charge >= 0.3 is 0 Å². The second kappa shape index (κ2) is 1.93. The van der Waals surface area contributed by atoms with Gasteiger partial charge in [0.05, 0.1) is 0 Å². The largest absolute Gasteiger partial charge is 0.122 e. The van der Waals surface area contributed by atoms with Gasteiger partial charge < -0.3 is 0 Å². The van der Waals surface area contributed by atoms with E-state index in [1.165, 1.54) is 27.3 Å². The van der Waals surface area contributed by atoms with E-state index in [0.717, 1.165) is 5.92 Å². The molecule has 1 saturated heterocycles. The van der Waals surface area contributed by atoms with Crippen molar-refractivity contribution in [2.45, 2.75) is 13.3 Å². The minimum absolute atomic E-state index is 1.06. The molecule has 1 aliphatic heterocycles. The Morgan fingerprint density at radius 1 is 1.67 bits per heavy atom. The second-order valence-corrected chi connectivity index (χ2v) is 3.51. The predicted molar refractivity (Wildman–Crippen MR) is 31.8 cm³/mol. The van der Waals surface area contributed by atoms with Gasteiger partial charge in [-0.25, -0.2) is 0 Å². The van der Waals surface area contributed by atoms with E-state index < -0.39 is 0 Å². The molecular formula is C5H11P. The average Bonchev–Trinajstić information content (AvgIpc) is 1.86. The van der Waals surface area contributed by atoms with E-state index in [9.17, 15) is 0 Å². The van der Waals surface area contributed by atoms with Crippen LogP contribution in [0.5, 0.6) is 0 Å². The standard InChI is InChI=1S/C5H11P/c1-5-2-3-6-4-5/h5-6H,2-4H2,1H3. The summed E-state index contributed by atoms with van der Waals surface area (Å²) in [5, 5.41) is 0. The van der Waals surface area contributed by atoms with Crippen LogP contribution in [0.1, 0.15) is 13.3 Å². The Morgan fingerprint density at radius 2 is 2.50 bits per heavy atom. The molecule has 0 aromatic carbocycles. The fraction of sp³-hybridized carbons (Fsp3) is 1.00. The first kappa shape index (κ1) is 4.59. The van der Waals surface area contributed by atoms with Crippen molar-refractivity contribution < 1.29 is 0 Å². The zero-order valence-electron chi connectivity index (χ0n) is 4.20. The van der Waals surface area contributed by atoms with Crippen LogP contribution in [0, 0.1) is 5.92 Å². The monoisotopic (exact) mass is 102 g/mol. The molecule has 0 nitrogen and oxygen atoms in total. The highest BCUT2D eigenvalue weighted by Gasteiger charge is 2.07. The van der Waals surface area contributed by atoms with Crippen molar-refractivity contribution in [3.05, 3.63) is 0 Å². The Kier molecular flexibility index (Phi) is 1.48. The van der Waals surface area contributed by atoms with Crippen molar-refractivity contribution in [2.75, 3.05) is 12.3 Å². The lowest BCUT2D eigenvalue weighted by Crippen LogP contribution is -1.85. The molecule has 0 amide bonds. The van der Waals surface area contributed by atoms with Crippen LogP contribution in [0.4, 0.5) is 0 Å². The highest BCUT2D eigenvalue weighted by molar-refractivity contribution is 7.38. The Balaban J connectivity index is 2.18. The number of rotatable bonds is 0. The summed E-state index contributed by atoms with van der Waals surface area (Å²) >= 11 is 0. The molecule has 36 valence electrons. The third-order valence-corrected chi connectivity index (χ3v) is 2.93. The molecule has 1 rings (SSSR count). The minimum Gasteiger partial charge on any atom is -0.122 e. The molecule has 0 bridgehead atoms. The molecule has 0 radical (unpaired) electrons. The van der Waals surface area contributed by atoms with E-state index >= 15 is 0 Å². The molecule has 0 aromatic heterocycles. The highest BCUT2D eigenvalue weighted by atomic mass is 31.1. The van der Waals surface area contributed by atoms with Crippen molar-refractivity contribution in [3.8, 4) is 0 Å². The topological polar surface area (TPSA) is 0 Å². The highest BCUT2D eigenvalue weighted by Crippen LogP contribution is 2.27. The molecule has 0 N–H and O–H groups in total. The zero-order chi connectivity index (χ0) is 4.41. The first-order valence-corrected chi connectivity index (χ1v) is 4.02. The van der Waals surface area contributed by atoms with Gasteiger partial charge in [0.2, 0.25) is 0 Å². The first-order chi connectivity index (χ1) is 2.89. The van der Waals surface area contributed by atoms with E-state index in [-0.39, 0.29) is 0 Å². The fourth-order valence-electron chi connectivity index (χ4n) is 0.799. The smallest absolute Gasteiger partial charge is 0.0327 e. The summed E-state index contributed by atoms with van der Waals surface area (Å²) in [4.78, 5) is 0. The maximum Gasteiger partial charge on any atom is -0.0327 e. The Labute approximate surface area is 41.1 Å².